The molecule has 1 heterocycles. The number of aryl methyl sites for hydroxylation is 1. The lowest BCUT2D eigenvalue weighted by Gasteiger charge is -2.21. The van der Waals surface area contributed by atoms with Gasteiger partial charge in [0.1, 0.15) is 17.8 Å². The van der Waals surface area contributed by atoms with Gasteiger partial charge in [-0.2, -0.15) is 0 Å². The number of anilines is 2. The van der Waals surface area contributed by atoms with Crippen LogP contribution in [-0.2, 0) is 0 Å². The molecular weight excluding hydrogens is 300 g/mol. The molecule has 1 aliphatic rings. The van der Waals surface area contributed by atoms with Gasteiger partial charge >= 0.3 is 0 Å². The van der Waals surface area contributed by atoms with Gasteiger partial charge in [0.2, 0.25) is 0 Å². The highest BCUT2D eigenvalue weighted by Crippen LogP contribution is 2.23. The summed E-state index contributed by atoms with van der Waals surface area (Å²) in [4.78, 5) is 20.6. The summed E-state index contributed by atoms with van der Waals surface area (Å²) < 4.78 is 0. The topological polar surface area (TPSA) is 66.9 Å². The molecule has 5 heteroatoms. The zero-order chi connectivity index (χ0) is 16.8. The number of carbonyl (C=O) groups excluding carboxylic acids is 1. The van der Waals surface area contributed by atoms with E-state index in [9.17, 15) is 4.79 Å². The van der Waals surface area contributed by atoms with Crippen molar-refractivity contribution in [1.82, 2.24) is 9.97 Å². The van der Waals surface area contributed by atoms with E-state index in [1.807, 2.05) is 31.2 Å². The summed E-state index contributed by atoms with van der Waals surface area (Å²) in [6.45, 7) is 2.93. The summed E-state index contributed by atoms with van der Waals surface area (Å²) in [5, 5.41) is 6.21. The molecule has 5 nitrogen and oxygen atoms in total. The van der Waals surface area contributed by atoms with Crippen molar-refractivity contribution >= 4 is 17.4 Å². The van der Waals surface area contributed by atoms with Crippen molar-refractivity contribution < 1.29 is 4.79 Å². The average Bonchev–Trinajstić information content (AvgIpc) is 2.63. The Hall–Kier alpha value is -2.43. The van der Waals surface area contributed by atoms with E-state index in [0.29, 0.717) is 17.4 Å². The highest BCUT2D eigenvalue weighted by molar-refractivity contribution is 6.03. The fraction of sp³-hybridized carbons (Fsp3) is 0.421. The molecule has 2 aromatic rings. The van der Waals surface area contributed by atoms with Crippen LogP contribution in [0.5, 0.6) is 0 Å². The minimum absolute atomic E-state index is 0.220. The second kappa shape index (κ2) is 7.90. The second-order valence-electron chi connectivity index (χ2n) is 6.49. The number of carbonyl (C=O) groups is 1. The van der Waals surface area contributed by atoms with Crippen molar-refractivity contribution in [2.24, 2.45) is 5.92 Å². The maximum Gasteiger partial charge on any atom is 0.274 e. The van der Waals surface area contributed by atoms with Crippen LogP contribution in [0.1, 0.15) is 48.2 Å². The molecule has 1 aliphatic carbocycles. The molecule has 24 heavy (non-hydrogen) atoms. The Morgan fingerprint density at radius 3 is 2.62 bits per heavy atom. The Morgan fingerprint density at radius 1 is 1.12 bits per heavy atom. The molecular formula is C19H24N4O. The minimum atomic E-state index is -0.220. The number of rotatable bonds is 5. The molecule has 0 spiro atoms. The summed E-state index contributed by atoms with van der Waals surface area (Å²) in [6.07, 6.45) is 7.99. The normalized spacial score (nSPS) is 15.0. The SMILES string of the molecule is Cc1ccc(NC(=O)c2cc(NCC3CCCCC3)ncn2)cc1. The molecule has 0 atom stereocenters. The highest BCUT2D eigenvalue weighted by Gasteiger charge is 2.14. The number of nitrogens with one attached hydrogen (secondary N) is 2. The minimum Gasteiger partial charge on any atom is -0.370 e. The quantitative estimate of drug-likeness (QED) is 0.871. The molecule has 2 N–H and O–H groups in total. The third-order valence-corrected chi connectivity index (χ3v) is 4.51. The molecule has 0 aliphatic heterocycles. The molecule has 1 amide bonds. The summed E-state index contributed by atoms with van der Waals surface area (Å²) in [7, 11) is 0. The van der Waals surface area contributed by atoms with Gasteiger partial charge < -0.3 is 10.6 Å². The Morgan fingerprint density at radius 2 is 1.88 bits per heavy atom. The van der Waals surface area contributed by atoms with Crippen LogP contribution in [0.4, 0.5) is 11.5 Å². The Balaban J connectivity index is 1.59. The van der Waals surface area contributed by atoms with Gasteiger partial charge in [0, 0.05) is 18.3 Å². The van der Waals surface area contributed by atoms with Crippen molar-refractivity contribution in [3.8, 4) is 0 Å². The Bertz CT molecular complexity index is 678. The van der Waals surface area contributed by atoms with Crippen LogP contribution in [0.2, 0.25) is 0 Å². The first kappa shape index (κ1) is 16.4. The largest absolute Gasteiger partial charge is 0.370 e. The first-order valence-electron chi connectivity index (χ1n) is 8.64. The summed E-state index contributed by atoms with van der Waals surface area (Å²) >= 11 is 0. The smallest absolute Gasteiger partial charge is 0.274 e. The van der Waals surface area contributed by atoms with E-state index in [1.54, 1.807) is 6.07 Å². The molecule has 1 aromatic carbocycles. The average molecular weight is 324 g/mol. The molecule has 1 fully saturated rings. The van der Waals surface area contributed by atoms with Gasteiger partial charge in [0.15, 0.2) is 0 Å². The van der Waals surface area contributed by atoms with E-state index < -0.39 is 0 Å². The van der Waals surface area contributed by atoms with Crippen LogP contribution in [0.3, 0.4) is 0 Å². The molecule has 126 valence electrons. The lowest BCUT2D eigenvalue weighted by atomic mass is 9.89. The third-order valence-electron chi connectivity index (χ3n) is 4.51. The fourth-order valence-corrected chi connectivity index (χ4v) is 3.05. The van der Waals surface area contributed by atoms with Gasteiger partial charge in [-0.25, -0.2) is 9.97 Å². The van der Waals surface area contributed by atoms with E-state index in [1.165, 1.54) is 38.4 Å². The van der Waals surface area contributed by atoms with Gasteiger partial charge in [-0.1, -0.05) is 37.0 Å². The lowest BCUT2D eigenvalue weighted by molar-refractivity contribution is 0.102. The van der Waals surface area contributed by atoms with Gasteiger partial charge in [0.25, 0.3) is 5.91 Å². The number of aromatic nitrogens is 2. The number of benzene rings is 1. The molecule has 0 unspecified atom stereocenters. The van der Waals surface area contributed by atoms with Crippen molar-refractivity contribution in [2.75, 3.05) is 17.2 Å². The number of nitrogens with zero attached hydrogens (tertiary/aromatic N) is 2. The zero-order valence-electron chi connectivity index (χ0n) is 14.1. The summed E-state index contributed by atoms with van der Waals surface area (Å²) in [6, 6.07) is 9.42. The predicted octanol–water partition coefficient (Wildman–Crippen LogP) is 4.03. The molecule has 0 saturated heterocycles. The molecule has 0 bridgehead atoms. The summed E-state index contributed by atoms with van der Waals surface area (Å²) in [5.74, 6) is 1.20. The van der Waals surface area contributed by atoms with E-state index in [4.69, 9.17) is 0 Å². The predicted molar refractivity (Wildman–Crippen MR) is 96.2 cm³/mol. The van der Waals surface area contributed by atoms with E-state index >= 15 is 0 Å². The lowest BCUT2D eigenvalue weighted by Crippen LogP contribution is -2.19. The van der Waals surface area contributed by atoms with E-state index in [2.05, 4.69) is 20.6 Å². The van der Waals surface area contributed by atoms with Crippen molar-refractivity contribution in [3.05, 3.63) is 47.9 Å². The van der Waals surface area contributed by atoms with E-state index in [-0.39, 0.29) is 5.91 Å². The number of hydrogen-bond donors (Lipinski definition) is 2. The fourth-order valence-electron chi connectivity index (χ4n) is 3.05. The third kappa shape index (κ3) is 4.54. The van der Waals surface area contributed by atoms with Crippen LogP contribution in [-0.4, -0.2) is 22.4 Å². The van der Waals surface area contributed by atoms with Gasteiger partial charge in [0.05, 0.1) is 0 Å². The zero-order valence-corrected chi connectivity index (χ0v) is 14.1. The van der Waals surface area contributed by atoms with Crippen molar-refractivity contribution in [2.45, 2.75) is 39.0 Å². The number of hydrogen-bond acceptors (Lipinski definition) is 4. The van der Waals surface area contributed by atoms with Crippen LogP contribution >= 0.6 is 0 Å². The Labute approximate surface area is 142 Å². The molecule has 0 radical (unpaired) electrons. The van der Waals surface area contributed by atoms with Crippen molar-refractivity contribution in [1.29, 1.82) is 0 Å². The van der Waals surface area contributed by atoms with Crippen molar-refractivity contribution in [3.63, 3.8) is 0 Å². The maximum atomic E-state index is 12.3. The first-order valence-corrected chi connectivity index (χ1v) is 8.64. The van der Waals surface area contributed by atoms with Crippen LogP contribution in [0, 0.1) is 12.8 Å². The second-order valence-corrected chi connectivity index (χ2v) is 6.49. The van der Waals surface area contributed by atoms with E-state index in [0.717, 1.165) is 17.8 Å². The van der Waals surface area contributed by atoms with Gasteiger partial charge in [-0.3, -0.25) is 4.79 Å². The number of amides is 1. The highest BCUT2D eigenvalue weighted by atomic mass is 16.1. The Kier molecular flexibility index (Phi) is 5.41. The first-order chi connectivity index (χ1) is 11.7. The van der Waals surface area contributed by atoms with Gasteiger partial charge in [-0.05, 0) is 37.8 Å². The van der Waals surface area contributed by atoms with Crippen LogP contribution in [0.25, 0.3) is 0 Å². The molecule has 1 saturated carbocycles. The standard InChI is InChI=1S/C19H24N4O/c1-14-7-9-16(10-8-14)23-19(24)17-11-18(22-13-21-17)20-12-15-5-3-2-4-6-15/h7-11,13,15H,2-6,12H2,1H3,(H,23,24)(H,20,21,22). The van der Waals surface area contributed by atoms with Crippen LogP contribution < -0.4 is 10.6 Å². The summed E-state index contributed by atoms with van der Waals surface area (Å²) in [5.41, 5.74) is 2.29. The van der Waals surface area contributed by atoms with Gasteiger partial charge in [-0.15, -0.1) is 0 Å². The monoisotopic (exact) mass is 324 g/mol. The maximum absolute atomic E-state index is 12.3. The molecule has 1 aromatic heterocycles. The molecule has 3 rings (SSSR count). The van der Waals surface area contributed by atoms with Crippen LogP contribution in [0.15, 0.2) is 36.7 Å².